The predicted octanol–water partition coefficient (Wildman–Crippen LogP) is 1.99. The molecular weight excluding hydrogens is 190 g/mol. The molecule has 46 valence electrons. The first-order valence-electron chi connectivity index (χ1n) is 2.41. The Morgan fingerprint density at radius 2 is 1.50 bits per heavy atom. The van der Waals surface area contributed by atoms with Crippen LogP contribution in [-0.2, 0) is 20.4 Å². The zero-order chi connectivity index (χ0) is 5.11. The number of hydrogen-bond acceptors (Lipinski definition) is 0. The summed E-state index contributed by atoms with van der Waals surface area (Å²) in [6.45, 7) is 2.08. The van der Waals surface area contributed by atoms with Crippen LogP contribution >= 0.6 is 0 Å². The SMILES string of the molecule is Cc1ccccc1.[Pd]. The molecule has 0 aromatic heterocycles. The molecule has 0 atom stereocenters. The molecule has 0 amide bonds. The van der Waals surface area contributed by atoms with Crippen LogP contribution in [0.15, 0.2) is 30.3 Å². The van der Waals surface area contributed by atoms with E-state index < -0.39 is 0 Å². The summed E-state index contributed by atoms with van der Waals surface area (Å²) < 4.78 is 0. The fraction of sp³-hybridized carbons (Fsp3) is 0.143. The maximum absolute atomic E-state index is 2.08. The van der Waals surface area contributed by atoms with Crippen LogP contribution < -0.4 is 0 Å². The molecule has 0 heterocycles. The molecule has 0 aliphatic heterocycles. The number of hydrogen-bond donors (Lipinski definition) is 0. The molecular formula is C7H8Pd. The van der Waals surface area contributed by atoms with E-state index in [1.165, 1.54) is 5.56 Å². The topological polar surface area (TPSA) is 0 Å². The quantitative estimate of drug-likeness (QED) is 0.560. The van der Waals surface area contributed by atoms with Crippen LogP contribution in [0.5, 0.6) is 0 Å². The summed E-state index contributed by atoms with van der Waals surface area (Å²) in [4.78, 5) is 0. The molecule has 8 heavy (non-hydrogen) atoms. The third kappa shape index (κ3) is 2.26. The van der Waals surface area contributed by atoms with Crippen molar-refractivity contribution in [2.75, 3.05) is 0 Å². The summed E-state index contributed by atoms with van der Waals surface area (Å²) in [6, 6.07) is 10.3. The number of benzene rings is 1. The molecule has 0 aliphatic carbocycles. The van der Waals surface area contributed by atoms with E-state index in [0.717, 1.165) is 0 Å². The van der Waals surface area contributed by atoms with Gasteiger partial charge in [0, 0.05) is 20.4 Å². The van der Waals surface area contributed by atoms with Gasteiger partial charge in [0.05, 0.1) is 0 Å². The van der Waals surface area contributed by atoms with E-state index in [1.807, 2.05) is 18.2 Å². The van der Waals surface area contributed by atoms with Gasteiger partial charge in [0.1, 0.15) is 0 Å². The Kier molecular flexibility index (Phi) is 3.78. The largest absolute Gasteiger partial charge is 0.0622 e. The Bertz CT molecular complexity index is 134. The molecule has 1 heteroatoms. The molecule has 0 unspecified atom stereocenters. The third-order valence-electron chi connectivity index (χ3n) is 0.940. The summed E-state index contributed by atoms with van der Waals surface area (Å²) in [6.07, 6.45) is 0. The molecule has 1 aromatic carbocycles. The molecule has 0 bridgehead atoms. The molecule has 0 N–H and O–H groups in total. The van der Waals surface area contributed by atoms with Crippen LogP contribution in [0.3, 0.4) is 0 Å². The predicted molar refractivity (Wildman–Crippen MR) is 31.2 cm³/mol. The molecule has 0 saturated carbocycles. The van der Waals surface area contributed by atoms with Gasteiger partial charge in [-0.2, -0.15) is 0 Å². The Morgan fingerprint density at radius 3 is 1.75 bits per heavy atom. The standard InChI is InChI=1S/C7H8.Pd/c1-7-5-3-2-4-6-7;/h2-6H,1H3;. The minimum Gasteiger partial charge on any atom is -0.0622 e. The Labute approximate surface area is 63.6 Å². The van der Waals surface area contributed by atoms with Crippen molar-refractivity contribution in [1.82, 2.24) is 0 Å². The van der Waals surface area contributed by atoms with E-state index in [9.17, 15) is 0 Å². The fourth-order valence-electron chi connectivity index (χ4n) is 0.534. The molecule has 0 spiro atoms. The van der Waals surface area contributed by atoms with Crippen molar-refractivity contribution in [3.05, 3.63) is 35.9 Å². The Balaban J connectivity index is 0.000000490. The summed E-state index contributed by atoms with van der Waals surface area (Å²) in [5, 5.41) is 0. The molecule has 1 aromatic rings. The van der Waals surface area contributed by atoms with E-state index >= 15 is 0 Å². The third-order valence-corrected chi connectivity index (χ3v) is 0.940. The van der Waals surface area contributed by atoms with E-state index in [4.69, 9.17) is 0 Å². The van der Waals surface area contributed by atoms with Crippen LogP contribution in [0.4, 0.5) is 0 Å². The molecule has 1 rings (SSSR count). The van der Waals surface area contributed by atoms with E-state index in [-0.39, 0.29) is 20.4 Å². The molecule has 0 nitrogen and oxygen atoms in total. The van der Waals surface area contributed by atoms with Gasteiger partial charge in [0.25, 0.3) is 0 Å². The van der Waals surface area contributed by atoms with Crippen molar-refractivity contribution < 1.29 is 20.4 Å². The van der Waals surface area contributed by atoms with Gasteiger partial charge in [-0.3, -0.25) is 0 Å². The average molecular weight is 199 g/mol. The zero-order valence-electron chi connectivity index (χ0n) is 4.70. The normalized spacial score (nSPS) is 7.62. The average Bonchev–Trinajstić information content (AvgIpc) is 1.69. The summed E-state index contributed by atoms with van der Waals surface area (Å²) in [5.74, 6) is 0. The molecule has 0 saturated heterocycles. The van der Waals surface area contributed by atoms with Crippen molar-refractivity contribution in [2.45, 2.75) is 6.92 Å². The Morgan fingerprint density at radius 1 is 1.00 bits per heavy atom. The van der Waals surface area contributed by atoms with Crippen molar-refractivity contribution >= 4 is 0 Å². The molecule has 0 radical (unpaired) electrons. The maximum Gasteiger partial charge on any atom is 0 e. The van der Waals surface area contributed by atoms with Gasteiger partial charge in [-0.15, -0.1) is 0 Å². The first-order chi connectivity index (χ1) is 3.39. The number of aryl methyl sites for hydroxylation is 1. The van der Waals surface area contributed by atoms with Crippen molar-refractivity contribution in [3.63, 3.8) is 0 Å². The molecule has 0 fully saturated rings. The fourth-order valence-corrected chi connectivity index (χ4v) is 0.534. The summed E-state index contributed by atoms with van der Waals surface area (Å²) in [5.41, 5.74) is 1.32. The second-order valence-corrected chi connectivity index (χ2v) is 1.65. The minimum absolute atomic E-state index is 0. The van der Waals surface area contributed by atoms with Gasteiger partial charge in [0.15, 0.2) is 0 Å². The van der Waals surface area contributed by atoms with Gasteiger partial charge < -0.3 is 0 Å². The van der Waals surface area contributed by atoms with Crippen molar-refractivity contribution in [3.8, 4) is 0 Å². The van der Waals surface area contributed by atoms with Crippen LogP contribution in [0, 0.1) is 6.92 Å². The van der Waals surface area contributed by atoms with E-state index in [0.29, 0.717) is 0 Å². The molecule has 0 aliphatic rings. The first-order valence-corrected chi connectivity index (χ1v) is 2.41. The second kappa shape index (κ2) is 3.83. The van der Waals surface area contributed by atoms with Gasteiger partial charge in [-0.1, -0.05) is 35.9 Å². The van der Waals surface area contributed by atoms with Gasteiger partial charge in [0.2, 0.25) is 0 Å². The van der Waals surface area contributed by atoms with Crippen LogP contribution in [0.2, 0.25) is 0 Å². The van der Waals surface area contributed by atoms with Crippen LogP contribution in [0.1, 0.15) is 5.56 Å². The van der Waals surface area contributed by atoms with Gasteiger partial charge in [-0.25, -0.2) is 0 Å². The summed E-state index contributed by atoms with van der Waals surface area (Å²) in [7, 11) is 0. The second-order valence-electron chi connectivity index (χ2n) is 1.65. The van der Waals surface area contributed by atoms with Crippen LogP contribution in [0.25, 0.3) is 0 Å². The zero-order valence-corrected chi connectivity index (χ0v) is 6.26. The number of rotatable bonds is 0. The van der Waals surface area contributed by atoms with Crippen LogP contribution in [-0.4, -0.2) is 0 Å². The maximum atomic E-state index is 2.08. The van der Waals surface area contributed by atoms with Gasteiger partial charge in [-0.05, 0) is 6.92 Å². The monoisotopic (exact) mass is 198 g/mol. The van der Waals surface area contributed by atoms with Crippen molar-refractivity contribution in [2.24, 2.45) is 0 Å². The van der Waals surface area contributed by atoms with E-state index in [1.54, 1.807) is 0 Å². The van der Waals surface area contributed by atoms with Gasteiger partial charge >= 0.3 is 0 Å². The Hall–Kier alpha value is -0.118. The van der Waals surface area contributed by atoms with E-state index in [2.05, 4.69) is 19.1 Å². The minimum atomic E-state index is 0. The van der Waals surface area contributed by atoms with Crippen molar-refractivity contribution in [1.29, 1.82) is 0 Å². The smallest absolute Gasteiger partial charge is 0 e. The first kappa shape index (κ1) is 7.88. The summed E-state index contributed by atoms with van der Waals surface area (Å²) >= 11 is 0.